The topological polar surface area (TPSA) is 40.7 Å². The van der Waals surface area contributed by atoms with E-state index < -0.39 is 0 Å². The monoisotopic (exact) mass is 835 g/mol. The third kappa shape index (κ3) is 14.9. The molecule has 0 fully saturated rings. The molecule has 2 atom stereocenters. The molecule has 2 unspecified atom stereocenters. The number of hydrogen-bond acceptors (Lipinski definition) is 7. The summed E-state index contributed by atoms with van der Waals surface area (Å²) in [6, 6.07) is 32.0. The zero-order valence-electron chi connectivity index (χ0n) is 40.0. The molecule has 0 aromatic heterocycles. The van der Waals surface area contributed by atoms with Gasteiger partial charge in [0.25, 0.3) is 0 Å². The first-order valence-corrected chi connectivity index (χ1v) is 23.7. The van der Waals surface area contributed by atoms with Crippen LogP contribution < -0.4 is 29.1 Å². The quantitative estimate of drug-likeness (QED) is 0.0485. The van der Waals surface area contributed by atoms with E-state index in [0.717, 1.165) is 76.6 Å². The third-order valence-electron chi connectivity index (χ3n) is 12.2. The Bertz CT molecular complexity index is 1640. The number of methoxy groups -OCH3 is 2. The fourth-order valence-electron chi connectivity index (χ4n) is 8.40. The zero-order chi connectivity index (χ0) is 44.0. The Morgan fingerprint density at radius 2 is 0.754 bits per heavy atom. The van der Waals surface area contributed by atoms with Crippen molar-refractivity contribution < 1.29 is 14.2 Å². The normalized spacial score (nSPS) is 12.2. The highest BCUT2D eigenvalue weighted by Crippen LogP contribution is 2.40. The Hall–Kier alpha value is -4.36. The highest BCUT2D eigenvalue weighted by Gasteiger charge is 2.22. The van der Waals surface area contributed by atoms with Crippen molar-refractivity contribution in [2.24, 2.45) is 0 Å². The van der Waals surface area contributed by atoms with Crippen LogP contribution >= 0.6 is 0 Å². The molecular weight excluding hydrogens is 753 g/mol. The molecule has 7 heteroatoms. The summed E-state index contributed by atoms with van der Waals surface area (Å²) < 4.78 is 18.8. The predicted octanol–water partition coefficient (Wildman–Crippen LogP) is 13.2. The van der Waals surface area contributed by atoms with Crippen LogP contribution in [0.3, 0.4) is 0 Å². The second-order valence-electron chi connectivity index (χ2n) is 17.2. The van der Waals surface area contributed by atoms with E-state index in [1.807, 2.05) is 14.2 Å². The van der Waals surface area contributed by atoms with Gasteiger partial charge in [-0.15, -0.1) is 0 Å². The Morgan fingerprint density at radius 1 is 0.426 bits per heavy atom. The van der Waals surface area contributed by atoms with Gasteiger partial charge in [-0.1, -0.05) is 89.8 Å². The van der Waals surface area contributed by atoms with Gasteiger partial charge in [0.15, 0.2) is 0 Å². The molecule has 4 aromatic rings. The predicted molar refractivity (Wildman–Crippen MR) is 265 cm³/mol. The van der Waals surface area contributed by atoms with E-state index in [1.54, 1.807) is 0 Å². The molecule has 7 nitrogen and oxygen atoms in total. The van der Waals surface area contributed by atoms with Gasteiger partial charge in [0, 0.05) is 125 Å². The Kier molecular flexibility index (Phi) is 21.7. The number of rotatable bonds is 30. The summed E-state index contributed by atoms with van der Waals surface area (Å²) in [7, 11) is 12.0. The first kappa shape index (κ1) is 49.3. The summed E-state index contributed by atoms with van der Waals surface area (Å²) in [4.78, 5) is 9.40. The fraction of sp³-hybridized carbons (Fsp3) is 0.556. The van der Waals surface area contributed by atoms with Crippen LogP contribution in [-0.2, 0) is 4.74 Å². The van der Waals surface area contributed by atoms with Gasteiger partial charge in [0.1, 0.15) is 11.5 Å². The molecule has 0 aliphatic rings. The Balaban J connectivity index is 1.49. The lowest BCUT2D eigenvalue weighted by Gasteiger charge is -2.27. The summed E-state index contributed by atoms with van der Waals surface area (Å²) >= 11 is 0. The largest absolute Gasteiger partial charge is 0.496 e. The van der Waals surface area contributed by atoms with Gasteiger partial charge in [-0.3, -0.25) is 0 Å². The molecule has 0 bridgehead atoms. The van der Waals surface area contributed by atoms with Crippen LogP contribution in [0.5, 0.6) is 11.5 Å². The molecule has 0 saturated heterocycles. The van der Waals surface area contributed by atoms with Crippen molar-refractivity contribution in [3.63, 3.8) is 0 Å². The number of ether oxygens (including phenoxy) is 3. The van der Waals surface area contributed by atoms with Crippen LogP contribution in [0.15, 0.2) is 84.9 Å². The lowest BCUT2D eigenvalue weighted by molar-refractivity contribution is 0.125. The molecule has 4 aromatic carbocycles. The maximum Gasteiger partial charge on any atom is 0.124 e. The van der Waals surface area contributed by atoms with Crippen molar-refractivity contribution in [2.45, 2.75) is 117 Å². The smallest absolute Gasteiger partial charge is 0.124 e. The van der Waals surface area contributed by atoms with Crippen LogP contribution in [0.25, 0.3) is 0 Å². The highest BCUT2D eigenvalue weighted by atomic mass is 16.5. The van der Waals surface area contributed by atoms with Gasteiger partial charge in [-0.2, -0.15) is 0 Å². The highest BCUT2D eigenvalue weighted by molar-refractivity contribution is 5.58. The van der Waals surface area contributed by atoms with Gasteiger partial charge in [0.05, 0.1) is 14.2 Å². The molecule has 0 aliphatic heterocycles. The number of hydrogen-bond donors (Lipinski definition) is 0. The molecule has 0 amide bonds. The number of benzene rings is 4. The molecule has 0 saturated carbocycles. The van der Waals surface area contributed by atoms with Crippen LogP contribution in [0.2, 0.25) is 0 Å². The molecule has 0 radical (unpaired) electrons. The number of anilines is 4. The van der Waals surface area contributed by atoms with Crippen LogP contribution in [0.4, 0.5) is 22.7 Å². The average molecular weight is 835 g/mol. The third-order valence-corrected chi connectivity index (χ3v) is 12.2. The molecule has 61 heavy (non-hydrogen) atoms. The van der Waals surface area contributed by atoms with Gasteiger partial charge in [0.2, 0.25) is 0 Å². The SMILES string of the molecule is CCCCN(CCCC)c1ccc(C(CCCOCCCC(c2ccc(N(C)C)cc2)c2ccc(N(CCCC)CCCC)cc2OC)c2ccc(N(C)C)cc2)c(OC)c1. The van der Waals surface area contributed by atoms with E-state index in [-0.39, 0.29) is 11.8 Å². The first-order chi connectivity index (χ1) is 29.7. The maximum atomic E-state index is 6.45. The first-order valence-electron chi connectivity index (χ1n) is 23.7. The second-order valence-corrected chi connectivity index (χ2v) is 17.2. The van der Waals surface area contributed by atoms with E-state index >= 15 is 0 Å². The standard InChI is InChI=1S/C54H82N4O3/c1-11-15-35-57(36-16-12-2)47-31-33-51(53(41-47)59-9)49(43-23-27-45(28-24-43)55(5)6)21-19-39-61-40-20-22-50(44-25-29-46(30-26-44)56(7)8)52-34-32-48(42-54(52)60-10)58(37-17-13-3)38-18-14-4/h23-34,41-42,49-50H,11-22,35-40H2,1-10H3. The van der Waals surface area contributed by atoms with Crippen molar-refractivity contribution in [3.05, 3.63) is 107 Å². The van der Waals surface area contributed by atoms with Crippen molar-refractivity contribution in [2.75, 3.05) is 101 Å². The Labute approximate surface area is 372 Å². The van der Waals surface area contributed by atoms with E-state index in [4.69, 9.17) is 14.2 Å². The minimum Gasteiger partial charge on any atom is -0.496 e. The summed E-state index contributed by atoms with van der Waals surface area (Å²) in [5.41, 5.74) is 10.0. The lowest BCUT2D eigenvalue weighted by Crippen LogP contribution is -2.25. The van der Waals surface area contributed by atoms with Crippen molar-refractivity contribution in [3.8, 4) is 11.5 Å². The molecule has 0 aliphatic carbocycles. The zero-order valence-corrected chi connectivity index (χ0v) is 40.0. The van der Waals surface area contributed by atoms with Gasteiger partial charge in [-0.25, -0.2) is 0 Å². The fourth-order valence-corrected chi connectivity index (χ4v) is 8.40. The molecular formula is C54H82N4O3. The van der Waals surface area contributed by atoms with Gasteiger partial charge >= 0.3 is 0 Å². The van der Waals surface area contributed by atoms with E-state index in [1.165, 1.54) is 96.4 Å². The molecule has 0 spiro atoms. The summed E-state index contributed by atoms with van der Waals surface area (Å²) in [5.74, 6) is 2.35. The summed E-state index contributed by atoms with van der Waals surface area (Å²) in [5, 5.41) is 0. The summed E-state index contributed by atoms with van der Waals surface area (Å²) in [6.07, 6.45) is 13.4. The average Bonchev–Trinajstić information content (AvgIpc) is 3.28. The van der Waals surface area contributed by atoms with Gasteiger partial charge < -0.3 is 33.8 Å². The lowest BCUT2D eigenvalue weighted by atomic mass is 9.86. The number of nitrogens with zero attached hydrogens (tertiary/aromatic N) is 4. The van der Waals surface area contributed by atoms with Crippen molar-refractivity contribution in [1.29, 1.82) is 0 Å². The van der Waals surface area contributed by atoms with E-state index in [2.05, 4.69) is 160 Å². The van der Waals surface area contributed by atoms with Crippen molar-refractivity contribution in [1.82, 2.24) is 0 Å². The van der Waals surface area contributed by atoms with E-state index in [0.29, 0.717) is 0 Å². The Morgan fingerprint density at radius 3 is 1.05 bits per heavy atom. The van der Waals surface area contributed by atoms with Crippen LogP contribution in [0.1, 0.15) is 139 Å². The molecule has 4 rings (SSSR count). The van der Waals surface area contributed by atoms with E-state index in [9.17, 15) is 0 Å². The van der Waals surface area contributed by atoms with Gasteiger partial charge in [-0.05, 0) is 98.9 Å². The van der Waals surface area contributed by atoms with Crippen molar-refractivity contribution >= 4 is 22.7 Å². The number of unbranched alkanes of at least 4 members (excludes halogenated alkanes) is 4. The van der Waals surface area contributed by atoms with Crippen LogP contribution in [0, 0.1) is 0 Å². The minimum atomic E-state index is 0.202. The van der Waals surface area contributed by atoms with Crippen LogP contribution in [-0.4, -0.2) is 81.8 Å². The molecule has 0 heterocycles. The molecule has 336 valence electrons. The molecule has 0 N–H and O–H groups in total. The minimum absolute atomic E-state index is 0.202. The summed E-state index contributed by atoms with van der Waals surface area (Å²) in [6.45, 7) is 14.8. The second kappa shape index (κ2) is 26.9. The maximum absolute atomic E-state index is 6.45.